The van der Waals surface area contributed by atoms with Gasteiger partial charge in [-0.2, -0.15) is 0 Å². The summed E-state index contributed by atoms with van der Waals surface area (Å²) in [5, 5.41) is 20.5. The van der Waals surface area contributed by atoms with E-state index in [0.29, 0.717) is 12.3 Å². The van der Waals surface area contributed by atoms with Crippen molar-refractivity contribution in [3.8, 4) is 0 Å². The second-order valence-electron chi connectivity index (χ2n) is 14.5. The van der Waals surface area contributed by atoms with Crippen LogP contribution in [0.2, 0.25) is 0 Å². The molecule has 1 heterocycles. The molecule has 3 aliphatic rings. The molecule has 5 atom stereocenters. The lowest BCUT2D eigenvalue weighted by Gasteiger charge is -2.44. The first-order valence-corrected chi connectivity index (χ1v) is 15.9. The molecule has 234 valence electrons. The zero-order valence-electron chi connectivity index (χ0n) is 28.3. The van der Waals surface area contributed by atoms with E-state index in [9.17, 15) is 10.2 Å². The molecule has 3 heteroatoms. The van der Waals surface area contributed by atoms with Crippen molar-refractivity contribution in [2.45, 2.75) is 112 Å². The third-order valence-electron chi connectivity index (χ3n) is 9.16. The van der Waals surface area contributed by atoms with E-state index in [4.69, 9.17) is 4.74 Å². The minimum Gasteiger partial charge on any atom is -0.393 e. The molecule has 0 aromatic heterocycles. The van der Waals surface area contributed by atoms with Gasteiger partial charge >= 0.3 is 0 Å². The monoisotopic (exact) mass is 584 g/mol. The Morgan fingerprint density at radius 1 is 0.744 bits per heavy atom. The Labute approximate surface area is 262 Å². The first kappa shape index (κ1) is 34.8. The van der Waals surface area contributed by atoms with Crippen molar-refractivity contribution in [1.82, 2.24) is 0 Å². The van der Waals surface area contributed by atoms with Gasteiger partial charge in [0.05, 0.1) is 23.9 Å². The number of rotatable bonds is 9. The molecule has 2 aliphatic carbocycles. The highest BCUT2D eigenvalue weighted by atomic mass is 16.5. The Morgan fingerprint density at radius 2 is 1.30 bits per heavy atom. The van der Waals surface area contributed by atoms with Gasteiger partial charge in [0.25, 0.3) is 0 Å². The van der Waals surface area contributed by atoms with E-state index in [1.165, 1.54) is 33.4 Å². The zero-order valence-corrected chi connectivity index (χ0v) is 28.3. The highest BCUT2D eigenvalue weighted by Crippen LogP contribution is 2.52. The van der Waals surface area contributed by atoms with Gasteiger partial charge in [0, 0.05) is 12.3 Å². The van der Waals surface area contributed by atoms with E-state index in [1.807, 2.05) is 6.08 Å². The molecule has 0 amide bonds. The summed E-state index contributed by atoms with van der Waals surface area (Å²) in [6.45, 7) is 21.6. The van der Waals surface area contributed by atoms with Gasteiger partial charge in [-0.1, -0.05) is 129 Å². The Hall–Kier alpha value is -2.72. The van der Waals surface area contributed by atoms with E-state index < -0.39 is 0 Å². The molecule has 43 heavy (non-hydrogen) atoms. The summed E-state index contributed by atoms with van der Waals surface area (Å²) in [6.07, 6.45) is 31.3. The maximum Gasteiger partial charge on any atom is 0.0982 e. The summed E-state index contributed by atoms with van der Waals surface area (Å²) in [7, 11) is 0. The van der Waals surface area contributed by atoms with Crippen LogP contribution in [0.15, 0.2) is 119 Å². The highest BCUT2D eigenvalue weighted by molar-refractivity contribution is 5.37. The average Bonchev–Trinajstić information content (AvgIpc) is 3.23. The Balaban J connectivity index is 1.52. The van der Waals surface area contributed by atoms with Gasteiger partial charge < -0.3 is 14.9 Å². The van der Waals surface area contributed by atoms with Gasteiger partial charge in [-0.05, 0) is 82.4 Å². The summed E-state index contributed by atoms with van der Waals surface area (Å²) in [5.41, 5.74) is 6.92. The second-order valence-corrected chi connectivity index (χ2v) is 14.5. The standard InChI is InChI=1S/C40H56O3/c1-28(17-13-18-30(3)21-22-35-32(5)23-33(41)25-38(35,6)7)15-11-12-16-29(2)19-14-20-31(4)36-24-37-39(8,9)26-34(42)27-40(37,10)43-36/h11-24,33-36,41-42H,25-27H2,1-10H3/b12-11+,17-13+,19-14+,22-21+,28-15+,29-16+,30-18+,31-20+/t33-,34-,35-,36+,40-/m0/s1. The van der Waals surface area contributed by atoms with Gasteiger partial charge in [-0.15, -0.1) is 0 Å². The molecule has 0 bridgehead atoms. The van der Waals surface area contributed by atoms with Crippen LogP contribution in [0.1, 0.15) is 88.5 Å². The van der Waals surface area contributed by atoms with Crippen LogP contribution in [0.5, 0.6) is 0 Å². The van der Waals surface area contributed by atoms with Gasteiger partial charge in [0.1, 0.15) is 0 Å². The third-order valence-corrected chi connectivity index (χ3v) is 9.16. The molecule has 0 saturated heterocycles. The smallest absolute Gasteiger partial charge is 0.0982 e. The fourth-order valence-corrected chi connectivity index (χ4v) is 7.04. The van der Waals surface area contributed by atoms with Gasteiger partial charge in [0.2, 0.25) is 0 Å². The summed E-state index contributed by atoms with van der Waals surface area (Å²) in [5.74, 6) is 0.344. The van der Waals surface area contributed by atoms with Crippen LogP contribution < -0.4 is 0 Å². The van der Waals surface area contributed by atoms with Crippen molar-refractivity contribution < 1.29 is 14.9 Å². The van der Waals surface area contributed by atoms with E-state index in [0.717, 1.165) is 12.8 Å². The van der Waals surface area contributed by atoms with Crippen LogP contribution in [-0.2, 0) is 4.74 Å². The van der Waals surface area contributed by atoms with Crippen LogP contribution in [0.25, 0.3) is 0 Å². The fourth-order valence-electron chi connectivity index (χ4n) is 7.04. The summed E-state index contributed by atoms with van der Waals surface area (Å²) < 4.78 is 6.46. The van der Waals surface area contributed by atoms with Gasteiger partial charge in [-0.3, -0.25) is 0 Å². The van der Waals surface area contributed by atoms with Crippen molar-refractivity contribution >= 4 is 0 Å². The topological polar surface area (TPSA) is 49.7 Å². The van der Waals surface area contributed by atoms with Crippen LogP contribution in [-0.4, -0.2) is 34.1 Å². The first-order chi connectivity index (χ1) is 20.0. The van der Waals surface area contributed by atoms with Crippen LogP contribution in [0, 0.1) is 16.7 Å². The quantitative estimate of drug-likeness (QED) is 0.210. The Kier molecular flexibility index (Phi) is 11.6. The van der Waals surface area contributed by atoms with E-state index in [2.05, 4.69) is 148 Å². The number of aliphatic hydroxyl groups is 2. The minimum atomic E-state index is -0.382. The second kappa shape index (κ2) is 14.4. The molecule has 3 rings (SSSR count). The number of fused-ring (bicyclic) bond motifs is 1. The van der Waals surface area contributed by atoms with Crippen LogP contribution in [0.3, 0.4) is 0 Å². The van der Waals surface area contributed by atoms with Crippen LogP contribution >= 0.6 is 0 Å². The molecule has 2 N–H and O–H groups in total. The molecule has 0 aromatic carbocycles. The maximum absolute atomic E-state index is 10.4. The Bertz CT molecular complexity index is 1320. The highest BCUT2D eigenvalue weighted by Gasteiger charge is 2.50. The average molecular weight is 585 g/mol. The fraction of sp³-hybridized carbons (Fsp3) is 0.500. The Morgan fingerprint density at radius 3 is 1.91 bits per heavy atom. The lowest BCUT2D eigenvalue weighted by molar-refractivity contribution is -0.0683. The largest absolute Gasteiger partial charge is 0.393 e. The van der Waals surface area contributed by atoms with Gasteiger partial charge in [0.15, 0.2) is 0 Å². The number of aliphatic hydroxyl groups excluding tert-OH is 2. The van der Waals surface area contributed by atoms with E-state index in [-0.39, 0.29) is 34.7 Å². The molecular formula is C40H56O3. The molecular weight excluding hydrogens is 528 g/mol. The molecule has 1 fully saturated rings. The number of hydrogen-bond acceptors (Lipinski definition) is 3. The maximum atomic E-state index is 10.4. The molecule has 1 aliphatic heterocycles. The lowest BCUT2D eigenvalue weighted by atomic mass is 9.65. The van der Waals surface area contributed by atoms with E-state index >= 15 is 0 Å². The predicted octanol–water partition coefficient (Wildman–Crippen LogP) is 9.61. The van der Waals surface area contributed by atoms with Crippen molar-refractivity contribution in [2.24, 2.45) is 16.7 Å². The van der Waals surface area contributed by atoms with Crippen molar-refractivity contribution in [1.29, 1.82) is 0 Å². The number of ether oxygens (including phenoxy) is 1. The molecule has 0 unspecified atom stereocenters. The number of hydrogen-bond donors (Lipinski definition) is 2. The zero-order chi connectivity index (χ0) is 32.0. The summed E-state index contributed by atoms with van der Waals surface area (Å²) in [6, 6.07) is 0. The summed E-state index contributed by atoms with van der Waals surface area (Å²) >= 11 is 0. The van der Waals surface area contributed by atoms with Crippen molar-refractivity contribution in [3.63, 3.8) is 0 Å². The summed E-state index contributed by atoms with van der Waals surface area (Å²) in [4.78, 5) is 0. The molecule has 3 nitrogen and oxygen atoms in total. The van der Waals surface area contributed by atoms with Crippen molar-refractivity contribution in [2.75, 3.05) is 0 Å². The molecule has 0 spiro atoms. The van der Waals surface area contributed by atoms with E-state index in [1.54, 1.807) is 0 Å². The predicted molar refractivity (Wildman–Crippen MR) is 184 cm³/mol. The molecule has 0 radical (unpaired) electrons. The normalized spacial score (nSPS) is 32.3. The lowest BCUT2D eigenvalue weighted by Crippen LogP contribution is -2.45. The van der Waals surface area contributed by atoms with Crippen molar-refractivity contribution in [3.05, 3.63) is 119 Å². The SMILES string of the molecule is CC1=C[C@H](O)CC(C)(C)[C@H]1/C=C/C(C)=C/C=C/C(C)=C/C=C/C=C(C)/C=C/C=C(\C)[C@H]1C=C2C(C)(C)C[C@H](O)C[C@]2(C)O1. The molecule has 0 aromatic rings. The number of allylic oxidation sites excluding steroid dienone is 16. The molecule has 1 saturated carbocycles. The first-order valence-electron chi connectivity index (χ1n) is 15.9. The van der Waals surface area contributed by atoms with Crippen LogP contribution in [0.4, 0.5) is 0 Å². The minimum absolute atomic E-state index is 0.0467. The van der Waals surface area contributed by atoms with Gasteiger partial charge in [-0.25, -0.2) is 0 Å². The third kappa shape index (κ3) is 9.63.